The van der Waals surface area contributed by atoms with E-state index in [0.717, 1.165) is 25.7 Å². The van der Waals surface area contributed by atoms with Gasteiger partial charge in [0.1, 0.15) is 0 Å². The number of aliphatic hydroxyl groups is 1. The van der Waals surface area contributed by atoms with Crippen molar-refractivity contribution in [3.05, 3.63) is 16.9 Å². The van der Waals surface area contributed by atoms with E-state index >= 15 is 0 Å². The van der Waals surface area contributed by atoms with Crippen LogP contribution in [0.5, 0.6) is 0 Å². The molecule has 1 aromatic rings. The topological polar surface area (TPSA) is 75.1 Å². The molecular formula is C13H18ClN3O2S. The van der Waals surface area contributed by atoms with E-state index in [1.807, 2.05) is 6.26 Å². The van der Waals surface area contributed by atoms with E-state index in [1.54, 1.807) is 0 Å². The summed E-state index contributed by atoms with van der Waals surface area (Å²) in [5.74, 6) is -0.196. The van der Waals surface area contributed by atoms with Gasteiger partial charge in [-0.3, -0.25) is 4.79 Å². The van der Waals surface area contributed by atoms with E-state index in [1.165, 1.54) is 18.0 Å². The van der Waals surface area contributed by atoms with Crippen molar-refractivity contribution < 1.29 is 9.90 Å². The molecule has 1 aliphatic rings. The molecule has 2 atom stereocenters. The van der Waals surface area contributed by atoms with Crippen molar-refractivity contribution in [1.29, 1.82) is 0 Å². The van der Waals surface area contributed by atoms with E-state index in [9.17, 15) is 9.90 Å². The fourth-order valence-electron chi connectivity index (χ4n) is 2.34. The Labute approximate surface area is 127 Å². The zero-order chi connectivity index (χ0) is 14.5. The van der Waals surface area contributed by atoms with Crippen LogP contribution in [0.15, 0.2) is 11.4 Å². The lowest BCUT2D eigenvalue weighted by Gasteiger charge is -2.27. The number of amides is 1. The Morgan fingerprint density at radius 1 is 1.55 bits per heavy atom. The van der Waals surface area contributed by atoms with Crippen molar-refractivity contribution in [3.63, 3.8) is 0 Å². The molecule has 2 rings (SSSR count). The lowest BCUT2D eigenvalue weighted by molar-refractivity contribution is 0.0661. The quantitative estimate of drug-likeness (QED) is 0.657. The van der Waals surface area contributed by atoms with Gasteiger partial charge in [-0.05, 0) is 19.1 Å². The molecular weight excluding hydrogens is 298 g/mol. The molecule has 2 N–H and O–H groups in total. The number of aliphatic hydroxyl groups excluding tert-OH is 1. The number of aromatic nitrogens is 2. The Morgan fingerprint density at radius 2 is 2.30 bits per heavy atom. The van der Waals surface area contributed by atoms with Crippen LogP contribution in [0.3, 0.4) is 0 Å². The fourth-order valence-corrected chi connectivity index (χ4v) is 2.86. The number of rotatable bonds is 4. The summed E-state index contributed by atoms with van der Waals surface area (Å²) >= 11 is 7.31. The van der Waals surface area contributed by atoms with E-state index in [4.69, 9.17) is 11.6 Å². The molecule has 0 bridgehead atoms. The van der Waals surface area contributed by atoms with Gasteiger partial charge in [0.15, 0.2) is 10.9 Å². The van der Waals surface area contributed by atoms with Gasteiger partial charge < -0.3 is 10.4 Å². The van der Waals surface area contributed by atoms with Gasteiger partial charge in [-0.2, -0.15) is 0 Å². The number of carbonyl (C=O) groups excluding carboxylic acids is 1. The average Bonchev–Trinajstić information content (AvgIpc) is 2.46. The number of nitrogens with zero attached hydrogens (tertiary/aromatic N) is 2. The van der Waals surface area contributed by atoms with E-state index in [2.05, 4.69) is 15.3 Å². The molecule has 0 spiro atoms. The lowest BCUT2D eigenvalue weighted by Crippen LogP contribution is -2.37. The monoisotopic (exact) mass is 315 g/mol. The first-order valence-electron chi connectivity index (χ1n) is 6.64. The van der Waals surface area contributed by atoms with Crippen molar-refractivity contribution in [2.24, 2.45) is 5.92 Å². The van der Waals surface area contributed by atoms with Gasteiger partial charge in [0, 0.05) is 12.5 Å². The second kappa shape index (κ2) is 7.24. The highest BCUT2D eigenvalue weighted by atomic mass is 35.5. The molecule has 1 aliphatic carbocycles. The second-order valence-corrected chi connectivity index (χ2v) is 6.06. The third kappa shape index (κ3) is 3.84. The SMILES string of the molecule is CSc1ncc(Cl)c(C(=O)NCC2CCCCC2O)n1. The number of hydrogen-bond donors (Lipinski definition) is 2. The van der Waals surface area contributed by atoms with Gasteiger partial charge in [0.25, 0.3) is 5.91 Å². The van der Waals surface area contributed by atoms with Crippen molar-refractivity contribution in [2.45, 2.75) is 36.9 Å². The van der Waals surface area contributed by atoms with Crippen LogP contribution in [0, 0.1) is 5.92 Å². The maximum Gasteiger partial charge on any atom is 0.271 e. The van der Waals surface area contributed by atoms with Crippen molar-refractivity contribution in [1.82, 2.24) is 15.3 Å². The lowest BCUT2D eigenvalue weighted by atomic mass is 9.86. The van der Waals surface area contributed by atoms with Crippen LogP contribution in [0.2, 0.25) is 5.02 Å². The molecule has 0 aliphatic heterocycles. The summed E-state index contributed by atoms with van der Waals surface area (Å²) in [6, 6.07) is 0. The molecule has 1 aromatic heterocycles. The van der Waals surface area contributed by atoms with Crippen LogP contribution >= 0.6 is 23.4 Å². The number of carbonyl (C=O) groups is 1. The Morgan fingerprint density at radius 3 is 3.00 bits per heavy atom. The molecule has 1 heterocycles. The summed E-state index contributed by atoms with van der Waals surface area (Å²) < 4.78 is 0. The van der Waals surface area contributed by atoms with Crippen LogP contribution in [-0.4, -0.2) is 39.9 Å². The summed E-state index contributed by atoms with van der Waals surface area (Å²) in [4.78, 5) is 20.2. The smallest absolute Gasteiger partial charge is 0.271 e. The van der Waals surface area contributed by atoms with Crippen LogP contribution in [-0.2, 0) is 0 Å². The predicted octanol–water partition coefficient (Wildman–Crippen LogP) is 2.13. The maximum atomic E-state index is 12.1. The average molecular weight is 316 g/mol. The number of halogens is 1. The highest BCUT2D eigenvalue weighted by molar-refractivity contribution is 7.98. The van der Waals surface area contributed by atoms with E-state index in [-0.39, 0.29) is 28.6 Å². The summed E-state index contributed by atoms with van der Waals surface area (Å²) in [6.45, 7) is 0.453. The number of thioether (sulfide) groups is 1. The second-order valence-electron chi connectivity index (χ2n) is 4.88. The van der Waals surface area contributed by atoms with Gasteiger partial charge in [0.05, 0.1) is 17.3 Å². The minimum Gasteiger partial charge on any atom is -0.393 e. The Balaban J connectivity index is 1.97. The van der Waals surface area contributed by atoms with Gasteiger partial charge in [-0.1, -0.05) is 36.2 Å². The largest absolute Gasteiger partial charge is 0.393 e. The van der Waals surface area contributed by atoms with Crippen molar-refractivity contribution >= 4 is 29.3 Å². The maximum absolute atomic E-state index is 12.1. The summed E-state index contributed by atoms with van der Waals surface area (Å²) in [5, 5.41) is 13.4. The minimum absolute atomic E-state index is 0.119. The fraction of sp³-hybridized carbons (Fsp3) is 0.615. The Hall–Kier alpha value is -0.850. The van der Waals surface area contributed by atoms with Gasteiger partial charge in [0.2, 0.25) is 0 Å². The molecule has 20 heavy (non-hydrogen) atoms. The minimum atomic E-state index is -0.327. The zero-order valence-electron chi connectivity index (χ0n) is 11.3. The van der Waals surface area contributed by atoms with Crippen molar-refractivity contribution in [3.8, 4) is 0 Å². The number of nitrogens with one attached hydrogen (secondary N) is 1. The first-order chi connectivity index (χ1) is 9.61. The third-order valence-corrected chi connectivity index (χ3v) is 4.35. The molecule has 5 nitrogen and oxygen atoms in total. The van der Waals surface area contributed by atoms with Crippen LogP contribution in [0.1, 0.15) is 36.2 Å². The van der Waals surface area contributed by atoms with Crippen LogP contribution in [0.4, 0.5) is 0 Å². The molecule has 1 amide bonds. The molecule has 0 radical (unpaired) electrons. The molecule has 1 fully saturated rings. The van der Waals surface area contributed by atoms with Crippen LogP contribution < -0.4 is 5.32 Å². The van der Waals surface area contributed by atoms with Crippen molar-refractivity contribution in [2.75, 3.05) is 12.8 Å². The molecule has 0 aromatic carbocycles. The van der Waals surface area contributed by atoms with Gasteiger partial charge in [-0.15, -0.1) is 0 Å². The summed E-state index contributed by atoms with van der Waals surface area (Å²) in [6.07, 6.45) is 6.85. The highest BCUT2D eigenvalue weighted by Gasteiger charge is 2.24. The Kier molecular flexibility index (Phi) is 5.63. The first kappa shape index (κ1) is 15.5. The summed E-state index contributed by atoms with van der Waals surface area (Å²) in [5.41, 5.74) is 0.191. The standard InChI is InChI=1S/C13H18ClN3O2S/c1-20-13-16-7-9(14)11(17-13)12(19)15-6-8-4-2-3-5-10(8)18/h7-8,10,18H,2-6H2,1H3,(H,15,19). The molecule has 7 heteroatoms. The highest BCUT2D eigenvalue weighted by Crippen LogP contribution is 2.24. The van der Waals surface area contributed by atoms with Gasteiger partial charge in [-0.25, -0.2) is 9.97 Å². The van der Waals surface area contributed by atoms with E-state index < -0.39 is 0 Å². The summed E-state index contributed by atoms with van der Waals surface area (Å²) in [7, 11) is 0. The molecule has 2 unspecified atom stereocenters. The molecule has 110 valence electrons. The molecule has 0 saturated heterocycles. The predicted molar refractivity (Wildman–Crippen MR) is 79.1 cm³/mol. The van der Waals surface area contributed by atoms with E-state index in [0.29, 0.717) is 11.7 Å². The Bertz CT molecular complexity index is 487. The van der Waals surface area contributed by atoms with Gasteiger partial charge >= 0.3 is 0 Å². The normalized spacial score (nSPS) is 22.6. The van der Waals surface area contributed by atoms with Crippen LogP contribution in [0.25, 0.3) is 0 Å². The molecule has 1 saturated carbocycles. The third-order valence-electron chi connectivity index (χ3n) is 3.51. The number of hydrogen-bond acceptors (Lipinski definition) is 5. The zero-order valence-corrected chi connectivity index (χ0v) is 12.9. The first-order valence-corrected chi connectivity index (χ1v) is 8.25.